The van der Waals surface area contributed by atoms with Gasteiger partial charge in [-0.1, -0.05) is 12.1 Å². The molecule has 1 saturated heterocycles. The number of piperidine rings is 1. The summed E-state index contributed by atoms with van der Waals surface area (Å²) in [6.45, 7) is 5.12. The Morgan fingerprint density at radius 1 is 1.39 bits per heavy atom. The lowest BCUT2D eigenvalue weighted by molar-refractivity contribution is 0.258. The summed E-state index contributed by atoms with van der Waals surface area (Å²) in [5.41, 5.74) is 9.63. The lowest BCUT2D eigenvalue weighted by atomic mass is 10.0. The number of nitrogens with two attached hydrogens (primary N) is 1. The van der Waals surface area contributed by atoms with E-state index in [9.17, 15) is 0 Å². The molecule has 100 valence electrons. The van der Waals surface area contributed by atoms with Crippen LogP contribution in [0.25, 0.3) is 0 Å². The maximum Gasteiger partial charge on any atom is 0.0396 e. The number of anilines is 1. The first-order valence-electron chi connectivity index (χ1n) is 6.83. The van der Waals surface area contributed by atoms with Crippen molar-refractivity contribution in [3.8, 4) is 0 Å². The number of rotatable bonds is 3. The van der Waals surface area contributed by atoms with Crippen LogP contribution in [0, 0.1) is 6.92 Å². The van der Waals surface area contributed by atoms with Crippen molar-refractivity contribution in [3.63, 3.8) is 0 Å². The summed E-state index contributed by atoms with van der Waals surface area (Å²) in [5, 5.41) is 0. The first-order valence-corrected chi connectivity index (χ1v) is 6.83. The van der Waals surface area contributed by atoms with Crippen LogP contribution >= 0.6 is 0 Å². The molecule has 0 saturated carbocycles. The molecule has 1 aliphatic rings. The van der Waals surface area contributed by atoms with Crippen molar-refractivity contribution in [1.29, 1.82) is 0 Å². The molecule has 1 unspecified atom stereocenters. The summed E-state index contributed by atoms with van der Waals surface area (Å²) in [6.07, 6.45) is 2.59. The Labute approximate surface area is 111 Å². The van der Waals surface area contributed by atoms with Crippen molar-refractivity contribution in [2.45, 2.75) is 32.4 Å². The summed E-state index contributed by atoms with van der Waals surface area (Å²) in [7, 11) is 4.36. The van der Waals surface area contributed by atoms with Crippen LogP contribution in [0.3, 0.4) is 0 Å². The minimum atomic E-state index is 0.626. The van der Waals surface area contributed by atoms with Crippen molar-refractivity contribution >= 4 is 5.69 Å². The molecule has 0 spiro atoms. The molecule has 0 amide bonds. The maximum atomic E-state index is 5.69. The highest BCUT2D eigenvalue weighted by molar-refractivity contribution is 5.55. The number of likely N-dealkylation sites (N-methyl/N-ethyl adjacent to an activating group) is 1. The van der Waals surface area contributed by atoms with Crippen LogP contribution in [-0.2, 0) is 6.54 Å². The zero-order chi connectivity index (χ0) is 13.1. The summed E-state index contributed by atoms with van der Waals surface area (Å²) in [5.74, 6) is 0. The fourth-order valence-corrected chi connectivity index (χ4v) is 2.79. The van der Waals surface area contributed by atoms with Gasteiger partial charge in [0.15, 0.2) is 0 Å². The molecule has 3 heteroatoms. The molecular formula is C15H25N3. The average molecular weight is 247 g/mol. The van der Waals surface area contributed by atoms with Gasteiger partial charge in [-0.2, -0.15) is 0 Å². The molecule has 0 aliphatic carbocycles. The Bertz CT molecular complexity index is 401. The van der Waals surface area contributed by atoms with Crippen molar-refractivity contribution in [1.82, 2.24) is 4.90 Å². The molecule has 1 aromatic carbocycles. The molecular weight excluding hydrogens is 222 g/mol. The van der Waals surface area contributed by atoms with Crippen LogP contribution < -0.4 is 10.6 Å². The monoisotopic (exact) mass is 247 g/mol. The van der Waals surface area contributed by atoms with Gasteiger partial charge in [-0.15, -0.1) is 0 Å². The third-order valence-corrected chi connectivity index (χ3v) is 3.96. The van der Waals surface area contributed by atoms with Gasteiger partial charge < -0.3 is 15.5 Å². The van der Waals surface area contributed by atoms with E-state index < -0.39 is 0 Å². The zero-order valence-corrected chi connectivity index (χ0v) is 11.8. The summed E-state index contributed by atoms with van der Waals surface area (Å²) < 4.78 is 0. The highest BCUT2D eigenvalue weighted by Gasteiger charge is 2.22. The molecule has 1 fully saturated rings. The first-order chi connectivity index (χ1) is 8.61. The van der Waals surface area contributed by atoms with Crippen LogP contribution in [0.4, 0.5) is 5.69 Å². The summed E-state index contributed by atoms with van der Waals surface area (Å²) in [6, 6.07) is 7.28. The highest BCUT2D eigenvalue weighted by Crippen LogP contribution is 2.25. The molecule has 2 rings (SSSR count). The Hall–Kier alpha value is -1.06. The molecule has 1 aromatic rings. The highest BCUT2D eigenvalue weighted by atomic mass is 15.2. The first kappa shape index (κ1) is 13.4. The number of hydrogen-bond donors (Lipinski definition) is 1. The van der Waals surface area contributed by atoms with Crippen molar-refractivity contribution in [2.24, 2.45) is 5.73 Å². The van der Waals surface area contributed by atoms with Gasteiger partial charge in [0.25, 0.3) is 0 Å². The second kappa shape index (κ2) is 5.72. The lowest BCUT2D eigenvalue weighted by Gasteiger charge is -2.38. The van der Waals surface area contributed by atoms with E-state index in [1.165, 1.54) is 36.2 Å². The van der Waals surface area contributed by atoms with Crippen LogP contribution in [0.2, 0.25) is 0 Å². The van der Waals surface area contributed by atoms with Crippen LogP contribution in [0.15, 0.2) is 18.2 Å². The lowest BCUT2D eigenvalue weighted by Crippen LogP contribution is -2.45. The molecule has 0 bridgehead atoms. The van der Waals surface area contributed by atoms with E-state index in [1.807, 2.05) is 0 Å². The molecule has 1 aliphatic heterocycles. The van der Waals surface area contributed by atoms with E-state index in [0.717, 1.165) is 6.54 Å². The van der Waals surface area contributed by atoms with Gasteiger partial charge in [0.1, 0.15) is 0 Å². The van der Waals surface area contributed by atoms with E-state index in [2.05, 4.69) is 49.0 Å². The van der Waals surface area contributed by atoms with Crippen molar-refractivity contribution < 1.29 is 0 Å². The number of hydrogen-bond acceptors (Lipinski definition) is 3. The van der Waals surface area contributed by atoms with Gasteiger partial charge in [0.05, 0.1) is 0 Å². The SMILES string of the molecule is Cc1cc(CN)ccc1N1CCCC(N(C)C)C1. The quantitative estimate of drug-likeness (QED) is 0.886. The normalized spacial score (nSPS) is 20.5. The van der Waals surface area contributed by atoms with Gasteiger partial charge in [-0.05, 0) is 51.1 Å². The topological polar surface area (TPSA) is 32.5 Å². The van der Waals surface area contributed by atoms with E-state index in [4.69, 9.17) is 5.73 Å². The maximum absolute atomic E-state index is 5.69. The second-order valence-electron chi connectivity index (χ2n) is 5.53. The number of aryl methyl sites for hydroxylation is 1. The van der Waals surface area contributed by atoms with Crippen LogP contribution in [0.1, 0.15) is 24.0 Å². The van der Waals surface area contributed by atoms with E-state index in [-0.39, 0.29) is 0 Å². The molecule has 2 N–H and O–H groups in total. The predicted octanol–water partition coefficient (Wildman–Crippen LogP) is 1.98. The van der Waals surface area contributed by atoms with E-state index in [0.29, 0.717) is 12.6 Å². The predicted molar refractivity (Wildman–Crippen MR) is 78.0 cm³/mol. The van der Waals surface area contributed by atoms with Gasteiger partial charge in [0, 0.05) is 31.4 Å². The number of nitrogens with zero attached hydrogens (tertiary/aromatic N) is 2. The molecule has 3 nitrogen and oxygen atoms in total. The molecule has 18 heavy (non-hydrogen) atoms. The Morgan fingerprint density at radius 2 is 2.17 bits per heavy atom. The Morgan fingerprint density at radius 3 is 2.78 bits per heavy atom. The van der Waals surface area contributed by atoms with Crippen LogP contribution in [0.5, 0.6) is 0 Å². The molecule has 1 atom stereocenters. The second-order valence-corrected chi connectivity index (χ2v) is 5.53. The Balaban J connectivity index is 2.15. The average Bonchev–Trinajstić information content (AvgIpc) is 2.38. The van der Waals surface area contributed by atoms with Gasteiger partial charge in [0.2, 0.25) is 0 Å². The third-order valence-electron chi connectivity index (χ3n) is 3.96. The van der Waals surface area contributed by atoms with E-state index in [1.54, 1.807) is 0 Å². The Kier molecular flexibility index (Phi) is 4.25. The minimum absolute atomic E-state index is 0.626. The van der Waals surface area contributed by atoms with Gasteiger partial charge in [-0.25, -0.2) is 0 Å². The number of benzene rings is 1. The summed E-state index contributed by atoms with van der Waals surface area (Å²) >= 11 is 0. The standard InChI is InChI=1S/C15H25N3/c1-12-9-13(10-16)6-7-15(12)18-8-4-5-14(11-18)17(2)3/h6-7,9,14H,4-5,8,10-11,16H2,1-3H3. The van der Waals surface area contributed by atoms with Crippen molar-refractivity contribution in [2.75, 3.05) is 32.1 Å². The van der Waals surface area contributed by atoms with Crippen LogP contribution in [-0.4, -0.2) is 38.1 Å². The fourth-order valence-electron chi connectivity index (χ4n) is 2.79. The van der Waals surface area contributed by atoms with Gasteiger partial charge >= 0.3 is 0 Å². The van der Waals surface area contributed by atoms with Gasteiger partial charge in [-0.3, -0.25) is 0 Å². The largest absolute Gasteiger partial charge is 0.370 e. The molecule has 1 heterocycles. The molecule has 0 aromatic heterocycles. The van der Waals surface area contributed by atoms with Crippen molar-refractivity contribution in [3.05, 3.63) is 29.3 Å². The molecule has 0 radical (unpaired) electrons. The fraction of sp³-hybridized carbons (Fsp3) is 0.600. The smallest absolute Gasteiger partial charge is 0.0396 e. The van der Waals surface area contributed by atoms with E-state index >= 15 is 0 Å². The zero-order valence-electron chi connectivity index (χ0n) is 11.8. The minimum Gasteiger partial charge on any atom is -0.370 e. The summed E-state index contributed by atoms with van der Waals surface area (Å²) in [4.78, 5) is 4.86. The third kappa shape index (κ3) is 2.85.